The summed E-state index contributed by atoms with van der Waals surface area (Å²) >= 11 is 3.43. The minimum absolute atomic E-state index is 0.281. The molecular formula is C13H18BrNO3. The minimum Gasteiger partial charge on any atom is -0.496 e. The molecule has 0 saturated carbocycles. The Hall–Kier alpha value is -1.23. The van der Waals surface area contributed by atoms with Crippen molar-refractivity contribution in [2.24, 2.45) is 0 Å². The average Bonchev–Trinajstić information content (AvgIpc) is 2.36. The van der Waals surface area contributed by atoms with Crippen molar-refractivity contribution in [3.63, 3.8) is 0 Å². The number of ether oxygens (including phenoxy) is 2. The number of halogens is 1. The third kappa shape index (κ3) is 2.77. The Morgan fingerprint density at radius 2 is 1.94 bits per heavy atom. The number of carbonyl (C=O) groups is 1. The smallest absolute Gasteiger partial charge is 0.331 e. The Kier molecular flexibility index (Phi) is 4.62. The van der Waals surface area contributed by atoms with Gasteiger partial charge in [-0.2, -0.15) is 0 Å². The first-order valence-electron chi connectivity index (χ1n) is 5.50. The number of methoxy groups -OCH3 is 2. The highest BCUT2D eigenvalue weighted by atomic mass is 79.9. The van der Waals surface area contributed by atoms with Crippen LogP contribution in [0.25, 0.3) is 0 Å². The topological polar surface area (TPSA) is 38.8 Å². The number of hydrogen-bond acceptors (Lipinski definition) is 4. The fourth-order valence-corrected chi connectivity index (χ4v) is 2.10. The van der Waals surface area contributed by atoms with Crippen molar-refractivity contribution >= 4 is 27.6 Å². The Morgan fingerprint density at radius 1 is 1.33 bits per heavy atom. The lowest BCUT2D eigenvalue weighted by Crippen LogP contribution is -2.48. The van der Waals surface area contributed by atoms with E-state index in [4.69, 9.17) is 9.47 Å². The molecule has 0 amide bonds. The quantitative estimate of drug-likeness (QED) is 0.801. The molecule has 100 valence electrons. The van der Waals surface area contributed by atoms with Crippen LogP contribution in [-0.4, -0.2) is 32.8 Å². The van der Waals surface area contributed by atoms with Gasteiger partial charge in [0, 0.05) is 12.7 Å². The second kappa shape index (κ2) is 5.61. The van der Waals surface area contributed by atoms with Gasteiger partial charge in [0.05, 0.1) is 18.7 Å². The fraction of sp³-hybridized carbons (Fsp3) is 0.462. The molecule has 0 aromatic heterocycles. The van der Waals surface area contributed by atoms with E-state index in [0.29, 0.717) is 0 Å². The largest absolute Gasteiger partial charge is 0.496 e. The summed E-state index contributed by atoms with van der Waals surface area (Å²) in [6.07, 6.45) is 0. The van der Waals surface area contributed by atoms with Crippen LogP contribution in [0.2, 0.25) is 0 Å². The number of benzene rings is 1. The molecule has 0 bridgehead atoms. The molecular weight excluding hydrogens is 298 g/mol. The van der Waals surface area contributed by atoms with Gasteiger partial charge in [-0.3, -0.25) is 0 Å². The molecule has 0 atom stereocenters. The first kappa shape index (κ1) is 14.8. The lowest BCUT2D eigenvalue weighted by molar-refractivity contribution is -0.145. The van der Waals surface area contributed by atoms with Crippen LogP contribution in [0.4, 0.5) is 5.69 Å². The lowest BCUT2D eigenvalue weighted by atomic mass is 10.0. The molecule has 4 nitrogen and oxygen atoms in total. The van der Waals surface area contributed by atoms with E-state index in [1.807, 2.05) is 44.0 Å². The number of likely N-dealkylation sites (N-methyl/N-ethyl adjacent to an activating group) is 1. The van der Waals surface area contributed by atoms with Crippen molar-refractivity contribution < 1.29 is 14.3 Å². The minimum atomic E-state index is -0.733. The van der Waals surface area contributed by atoms with E-state index < -0.39 is 5.54 Å². The molecule has 0 unspecified atom stereocenters. The molecule has 0 spiro atoms. The maximum atomic E-state index is 11.8. The highest BCUT2D eigenvalue weighted by Gasteiger charge is 2.33. The molecule has 0 N–H and O–H groups in total. The van der Waals surface area contributed by atoms with Gasteiger partial charge < -0.3 is 14.4 Å². The highest BCUT2D eigenvalue weighted by Crippen LogP contribution is 2.31. The van der Waals surface area contributed by atoms with Gasteiger partial charge in [-0.25, -0.2) is 4.79 Å². The summed E-state index contributed by atoms with van der Waals surface area (Å²) in [6.45, 7) is 3.63. The average molecular weight is 316 g/mol. The number of anilines is 1. The first-order chi connectivity index (χ1) is 8.34. The SMILES string of the molecule is COC(=O)C(C)(C)N(C)c1ccc(OC)c(Br)c1. The van der Waals surface area contributed by atoms with Crippen molar-refractivity contribution in [2.75, 3.05) is 26.2 Å². The molecule has 1 aromatic carbocycles. The van der Waals surface area contributed by atoms with Crippen LogP contribution in [0.15, 0.2) is 22.7 Å². The normalized spacial score (nSPS) is 11.0. The summed E-state index contributed by atoms with van der Waals surface area (Å²) in [6, 6.07) is 5.65. The summed E-state index contributed by atoms with van der Waals surface area (Å²) in [5, 5.41) is 0. The number of esters is 1. The van der Waals surface area contributed by atoms with E-state index in [-0.39, 0.29) is 5.97 Å². The number of rotatable bonds is 4. The second-order valence-electron chi connectivity index (χ2n) is 4.43. The first-order valence-corrected chi connectivity index (χ1v) is 6.29. The molecule has 18 heavy (non-hydrogen) atoms. The van der Waals surface area contributed by atoms with Crippen LogP contribution < -0.4 is 9.64 Å². The molecule has 0 aliphatic rings. The van der Waals surface area contributed by atoms with Gasteiger partial charge in [0.25, 0.3) is 0 Å². The monoisotopic (exact) mass is 315 g/mol. The summed E-state index contributed by atoms with van der Waals surface area (Å²) in [5.74, 6) is 0.472. The third-order valence-electron chi connectivity index (χ3n) is 3.05. The Balaban J connectivity index is 3.07. The summed E-state index contributed by atoms with van der Waals surface area (Å²) in [5.41, 5.74) is 0.168. The number of carbonyl (C=O) groups excluding carboxylic acids is 1. The van der Waals surface area contributed by atoms with Crippen molar-refractivity contribution in [2.45, 2.75) is 19.4 Å². The van der Waals surface area contributed by atoms with E-state index in [1.54, 1.807) is 7.11 Å². The summed E-state index contributed by atoms with van der Waals surface area (Å²) in [4.78, 5) is 13.6. The number of hydrogen-bond donors (Lipinski definition) is 0. The second-order valence-corrected chi connectivity index (χ2v) is 5.28. The maximum Gasteiger partial charge on any atom is 0.331 e. The Morgan fingerprint density at radius 3 is 2.39 bits per heavy atom. The van der Waals surface area contributed by atoms with Crippen LogP contribution in [-0.2, 0) is 9.53 Å². The van der Waals surface area contributed by atoms with Gasteiger partial charge in [0.1, 0.15) is 11.3 Å². The van der Waals surface area contributed by atoms with Crippen LogP contribution in [0.5, 0.6) is 5.75 Å². The third-order valence-corrected chi connectivity index (χ3v) is 3.67. The standard InChI is InChI=1S/C13H18BrNO3/c1-13(2,12(16)18-5)15(3)9-6-7-11(17-4)10(14)8-9/h6-8H,1-5H3. The van der Waals surface area contributed by atoms with Crippen molar-refractivity contribution in [1.29, 1.82) is 0 Å². The predicted octanol–water partition coefficient (Wildman–Crippen LogP) is 2.85. The van der Waals surface area contributed by atoms with Crippen LogP contribution in [0.1, 0.15) is 13.8 Å². The molecule has 1 aromatic rings. The van der Waals surface area contributed by atoms with Crippen molar-refractivity contribution in [3.8, 4) is 5.75 Å². The number of nitrogens with zero attached hydrogens (tertiary/aromatic N) is 1. The van der Waals surface area contributed by atoms with Gasteiger partial charge >= 0.3 is 5.97 Å². The molecule has 0 radical (unpaired) electrons. The zero-order valence-electron chi connectivity index (χ0n) is 11.3. The highest BCUT2D eigenvalue weighted by molar-refractivity contribution is 9.10. The van der Waals surface area contributed by atoms with Gasteiger partial charge in [0.2, 0.25) is 0 Å². The van der Waals surface area contributed by atoms with Crippen LogP contribution in [0, 0.1) is 0 Å². The van der Waals surface area contributed by atoms with Gasteiger partial charge in [-0.05, 0) is 48.0 Å². The van der Waals surface area contributed by atoms with Crippen molar-refractivity contribution in [3.05, 3.63) is 22.7 Å². The molecule has 0 fully saturated rings. The van der Waals surface area contributed by atoms with Crippen LogP contribution in [0.3, 0.4) is 0 Å². The Labute approximate surface area is 116 Å². The van der Waals surface area contributed by atoms with Crippen LogP contribution >= 0.6 is 15.9 Å². The summed E-state index contributed by atoms with van der Waals surface area (Å²) < 4.78 is 10.8. The van der Waals surface area contributed by atoms with E-state index in [2.05, 4.69) is 15.9 Å². The molecule has 0 saturated heterocycles. The van der Waals surface area contributed by atoms with E-state index >= 15 is 0 Å². The fourth-order valence-electron chi connectivity index (χ4n) is 1.57. The zero-order valence-corrected chi connectivity index (χ0v) is 12.9. The molecule has 0 aliphatic carbocycles. The van der Waals surface area contributed by atoms with Gasteiger partial charge in [-0.1, -0.05) is 0 Å². The maximum absolute atomic E-state index is 11.8. The summed E-state index contributed by atoms with van der Waals surface area (Å²) in [7, 11) is 4.86. The van der Waals surface area contributed by atoms with Gasteiger partial charge in [0.15, 0.2) is 0 Å². The lowest BCUT2D eigenvalue weighted by Gasteiger charge is -2.34. The van der Waals surface area contributed by atoms with E-state index in [0.717, 1.165) is 15.9 Å². The van der Waals surface area contributed by atoms with E-state index in [1.165, 1.54) is 7.11 Å². The Bertz CT molecular complexity index is 446. The van der Waals surface area contributed by atoms with E-state index in [9.17, 15) is 4.79 Å². The molecule has 0 heterocycles. The predicted molar refractivity (Wildman–Crippen MR) is 75.2 cm³/mol. The molecule has 0 aliphatic heterocycles. The van der Waals surface area contributed by atoms with Crippen molar-refractivity contribution in [1.82, 2.24) is 0 Å². The zero-order chi connectivity index (χ0) is 13.9. The van der Waals surface area contributed by atoms with Gasteiger partial charge in [-0.15, -0.1) is 0 Å². The molecule has 1 rings (SSSR count). The molecule has 5 heteroatoms.